The number of aryl methyl sites for hydroxylation is 2. The van der Waals surface area contributed by atoms with Gasteiger partial charge in [-0.2, -0.15) is 5.10 Å². The van der Waals surface area contributed by atoms with E-state index in [1.807, 2.05) is 11.5 Å². The van der Waals surface area contributed by atoms with E-state index in [9.17, 15) is 0 Å². The molecule has 2 heterocycles. The van der Waals surface area contributed by atoms with E-state index in [4.69, 9.17) is 12.2 Å². The molecule has 0 aliphatic rings. The number of hydrogen-bond acceptors (Lipinski definition) is 4. The molecule has 0 aromatic carbocycles. The van der Waals surface area contributed by atoms with Crippen LogP contribution in [-0.2, 0) is 6.42 Å². The van der Waals surface area contributed by atoms with E-state index < -0.39 is 0 Å². The van der Waals surface area contributed by atoms with Gasteiger partial charge in [-0.05, 0) is 45.8 Å². The summed E-state index contributed by atoms with van der Waals surface area (Å²) in [6, 6.07) is 0.294. The predicted molar refractivity (Wildman–Crippen MR) is 77.6 cm³/mol. The van der Waals surface area contributed by atoms with Crippen molar-refractivity contribution in [1.29, 1.82) is 0 Å². The largest absolute Gasteiger partial charge is 0.297 e. The van der Waals surface area contributed by atoms with Crippen LogP contribution in [0.4, 0.5) is 0 Å². The van der Waals surface area contributed by atoms with E-state index in [1.54, 1.807) is 11.3 Å². The SMILES string of the molecule is CCCc1nc(C)c(-c2n[nH]c(=S)n2C(C)C)s1. The molecule has 2 rings (SSSR count). The lowest BCUT2D eigenvalue weighted by atomic mass is 10.3. The molecule has 0 amide bonds. The summed E-state index contributed by atoms with van der Waals surface area (Å²) < 4.78 is 2.72. The van der Waals surface area contributed by atoms with E-state index in [2.05, 4.69) is 36.0 Å². The highest BCUT2D eigenvalue weighted by atomic mass is 32.1. The van der Waals surface area contributed by atoms with Gasteiger partial charge in [0.25, 0.3) is 0 Å². The van der Waals surface area contributed by atoms with Gasteiger partial charge >= 0.3 is 0 Å². The number of nitrogens with one attached hydrogen (secondary N) is 1. The number of aromatic amines is 1. The Bertz CT molecular complexity index is 591. The molecular formula is C12H18N4S2. The second-order valence-corrected chi connectivity index (χ2v) is 6.06. The zero-order chi connectivity index (χ0) is 13.3. The zero-order valence-electron chi connectivity index (χ0n) is 11.1. The molecule has 0 atom stereocenters. The summed E-state index contributed by atoms with van der Waals surface area (Å²) in [5, 5.41) is 8.41. The number of H-pyrrole nitrogens is 1. The van der Waals surface area contributed by atoms with Crippen LogP contribution in [0, 0.1) is 11.7 Å². The first kappa shape index (κ1) is 13.4. The lowest BCUT2D eigenvalue weighted by Gasteiger charge is -2.08. The fourth-order valence-electron chi connectivity index (χ4n) is 1.92. The maximum atomic E-state index is 5.28. The predicted octanol–water partition coefficient (Wildman–Crippen LogP) is 3.91. The second-order valence-electron chi connectivity index (χ2n) is 4.59. The highest BCUT2D eigenvalue weighted by Gasteiger charge is 2.17. The van der Waals surface area contributed by atoms with Gasteiger partial charge in [-0.1, -0.05) is 6.92 Å². The summed E-state index contributed by atoms with van der Waals surface area (Å²) in [6.45, 7) is 8.42. The minimum Gasteiger partial charge on any atom is -0.297 e. The topological polar surface area (TPSA) is 46.5 Å². The molecule has 18 heavy (non-hydrogen) atoms. The van der Waals surface area contributed by atoms with Crippen molar-refractivity contribution >= 4 is 23.6 Å². The summed E-state index contributed by atoms with van der Waals surface area (Å²) in [4.78, 5) is 5.73. The van der Waals surface area contributed by atoms with Crippen LogP contribution in [0.1, 0.15) is 43.9 Å². The minimum absolute atomic E-state index is 0.294. The number of aromatic nitrogens is 4. The van der Waals surface area contributed by atoms with Gasteiger partial charge < -0.3 is 0 Å². The van der Waals surface area contributed by atoms with Crippen LogP contribution in [0.5, 0.6) is 0 Å². The fraction of sp³-hybridized carbons (Fsp3) is 0.583. The number of thiazole rings is 1. The fourth-order valence-corrected chi connectivity index (χ4v) is 3.42. The van der Waals surface area contributed by atoms with Crippen molar-refractivity contribution in [3.8, 4) is 10.7 Å². The van der Waals surface area contributed by atoms with E-state index in [-0.39, 0.29) is 0 Å². The average Bonchev–Trinajstić information content (AvgIpc) is 2.82. The average molecular weight is 282 g/mol. The Morgan fingerprint density at radius 1 is 1.44 bits per heavy atom. The van der Waals surface area contributed by atoms with Gasteiger partial charge in [-0.25, -0.2) is 4.98 Å². The monoisotopic (exact) mass is 282 g/mol. The van der Waals surface area contributed by atoms with Gasteiger partial charge in [-0.15, -0.1) is 11.3 Å². The van der Waals surface area contributed by atoms with Gasteiger partial charge in [0.1, 0.15) is 0 Å². The summed E-state index contributed by atoms with van der Waals surface area (Å²) in [7, 11) is 0. The summed E-state index contributed by atoms with van der Waals surface area (Å²) in [5.74, 6) is 0.910. The van der Waals surface area contributed by atoms with E-state index in [1.165, 1.54) is 5.01 Å². The number of hydrogen-bond donors (Lipinski definition) is 1. The van der Waals surface area contributed by atoms with Crippen LogP contribution in [0.25, 0.3) is 10.7 Å². The second kappa shape index (κ2) is 5.32. The van der Waals surface area contributed by atoms with Crippen LogP contribution < -0.4 is 0 Å². The van der Waals surface area contributed by atoms with Gasteiger partial charge in [-0.3, -0.25) is 9.67 Å². The molecular weight excluding hydrogens is 264 g/mol. The third-order valence-corrected chi connectivity index (χ3v) is 4.23. The van der Waals surface area contributed by atoms with Gasteiger partial charge in [0.2, 0.25) is 0 Å². The molecule has 0 spiro atoms. The lowest BCUT2D eigenvalue weighted by Crippen LogP contribution is -2.03. The zero-order valence-corrected chi connectivity index (χ0v) is 12.8. The van der Waals surface area contributed by atoms with Gasteiger partial charge in [0, 0.05) is 6.04 Å². The molecule has 0 aliphatic heterocycles. The Kier molecular flexibility index (Phi) is 3.97. The van der Waals surface area contributed by atoms with E-state index >= 15 is 0 Å². The maximum Gasteiger partial charge on any atom is 0.195 e. The molecule has 0 bridgehead atoms. The minimum atomic E-state index is 0.294. The van der Waals surface area contributed by atoms with Crippen molar-refractivity contribution in [2.45, 2.75) is 46.6 Å². The van der Waals surface area contributed by atoms with E-state index in [0.29, 0.717) is 10.8 Å². The number of nitrogens with zero attached hydrogens (tertiary/aromatic N) is 3. The Hall–Kier alpha value is -1.01. The molecule has 2 aromatic rings. The van der Waals surface area contributed by atoms with Crippen LogP contribution in [-0.4, -0.2) is 19.7 Å². The van der Waals surface area contributed by atoms with Crippen LogP contribution in [0.3, 0.4) is 0 Å². The highest BCUT2D eigenvalue weighted by molar-refractivity contribution is 7.71. The van der Waals surface area contributed by atoms with Crippen LogP contribution in [0.15, 0.2) is 0 Å². The first-order chi connectivity index (χ1) is 8.54. The van der Waals surface area contributed by atoms with Crippen molar-refractivity contribution in [2.24, 2.45) is 0 Å². The molecule has 98 valence electrons. The third kappa shape index (κ3) is 2.40. The van der Waals surface area contributed by atoms with Gasteiger partial charge in [0.05, 0.1) is 15.6 Å². The van der Waals surface area contributed by atoms with Crippen molar-refractivity contribution in [1.82, 2.24) is 19.7 Å². The quantitative estimate of drug-likeness (QED) is 0.865. The summed E-state index contributed by atoms with van der Waals surface area (Å²) >= 11 is 7.00. The molecule has 0 radical (unpaired) electrons. The maximum absolute atomic E-state index is 5.28. The molecule has 1 N–H and O–H groups in total. The van der Waals surface area contributed by atoms with Crippen LogP contribution in [0.2, 0.25) is 0 Å². The molecule has 0 unspecified atom stereocenters. The Labute approximate surface area is 116 Å². The Balaban J connectivity index is 2.52. The first-order valence-corrected chi connectivity index (χ1v) is 7.40. The Morgan fingerprint density at radius 3 is 2.78 bits per heavy atom. The molecule has 2 aromatic heterocycles. The van der Waals surface area contributed by atoms with Crippen molar-refractivity contribution in [3.05, 3.63) is 15.5 Å². The van der Waals surface area contributed by atoms with Crippen molar-refractivity contribution in [2.75, 3.05) is 0 Å². The van der Waals surface area contributed by atoms with Gasteiger partial charge in [0.15, 0.2) is 10.6 Å². The molecule has 0 saturated carbocycles. The van der Waals surface area contributed by atoms with Crippen molar-refractivity contribution in [3.63, 3.8) is 0 Å². The van der Waals surface area contributed by atoms with Crippen molar-refractivity contribution < 1.29 is 0 Å². The van der Waals surface area contributed by atoms with Crippen LogP contribution >= 0.6 is 23.6 Å². The molecule has 0 aliphatic carbocycles. The molecule has 4 nitrogen and oxygen atoms in total. The van der Waals surface area contributed by atoms with E-state index in [0.717, 1.165) is 29.2 Å². The molecule has 0 fully saturated rings. The smallest absolute Gasteiger partial charge is 0.195 e. The normalized spacial score (nSPS) is 11.4. The molecule has 0 saturated heterocycles. The molecule has 6 heteroatoms. The summed E-state index contributed by atoms with van der Waals surface area (Å²) in [5.41, 5.74) is 1.04. The first-order valence-electron chi connectivity index (χ1n) is 6.18. The number of rotatable bonds is 4. The summed E-state index contributed by atoms with van der Waals surface area (Å²) in [6.07, 6.45) is 2.14. The third-order valence-electron chi connectivity index (χ3n) is 2.73. The standard InChI is InChI=1S/C12H18N4S2/c1-5-6-9-13-8(4)10(18-9)11-14-15-12(17)16(11)7(2)3/h7H,5-6H2,1-4H3,(H,15,17). The Morgan fingerprint density at radius 2 is 2.17 bits per heavy atom. The highest BCUT2D eigenvalue weighted by Crippen LogP contribution is 2.30. The lowest BCUT2D eigenvalue weighted by molar-refractivity contribution is 0.597.